The molecule has 8 heteroatoms. The Hall–Kier alpha value is -2.97. The Morgan fingerprint density at radius 1 is 1.17 bits per heavy atom. The van der Waals surface area contributed by atoms with E-state index in [0.717, 1.165) is 22.5 Å². The van der Waals surface area contributed by atoms with E-state index in [9.17, 15) is 13.2 Å². The zero-order valence-electron chi connectivity index (χ0n) is 16.9. The van der Waals surface area contributed by atoms with E-state index in [1.54, 1.807) is 36.6 Å². The number of hydrogen-bond acceptors (Lipinski definition) is 6. The summed E-state index contributed by atoms with van der Waals surface area (Å²) in [5.74, 6) is 0.416. The zero-order chi connectivity index (χ0) is 21.7. The van der Waals surface area contributed by atoms with E-state index in [0.29, 0.717) is 18.0 Å². The highest BCUT2D eigenvalue weighted by molar-refractivity contribution is 7.90. The van der Waals surface area contributed by atoms with Crippen LogP contribution in [-0.2, 0) is 21.2 Å². The molecule has 0 N–H and O–H groups in total. The smallest absolute Gasteiger partial charge is 0.250 e. The molecule has 1 amide bonds. The summed E-state index contributed by atoms with van der Waals surface area (Å²) in [5, 5.41) is 2.95. The van der Waals surface area contributed by atoms with E-state index in [4.69, 9.17) is 4.74 Å². The number of anilines is 1. The maximum Gasteiger partial charge on any atom is 0.250 e. The van der Waals surface area contributed by atoms with Gasteiger partial charge in [0.1, 0.15) is 12.4 Å². The summed E-state index contributed by atoms with van der Waals surface area (Å²) in [5.41, 5.74) is 2.24. The normalized spacial score (nSPS) is 11.6. The molecule has 30 heavy (non-hydrogen) atoms. The van der Waals surface area contributed by atoms with Crippen molar-refractivity contribution in [1.82, 2.24) is 4.98 Å². The average molecular weight is 443 g/mol. The fourth-order valence-corrected chi connectivity index (χ4v) is 3.92. The number of carbonyl (C=O) groups excluding carboxylic acids is 1. The zero-order valence-corrected chi connectivity index (χ0v) is 18.5. The Bertz CT molecular complexity index is 1170. The Kier molecular flexibility index (Phi) is 6.69. The number of benzene rings is 2. The first-order valence-corrected chi connectivity index (χ1v) is 11.9. The maximum atomic E-state index is 12.6. The molecule has 0 aliphatic carbocycles. The molecule has 0 aliphatic rings. The minimum Gasteiger partial charge on any atom is -0.487 e. The lowest BCUT2D eigenvalue weighted by molar-refractivity contribution is -0.113. The first kappa shape index (κ1) is 21.7. The van der Waals surface area contributed by atoms with Gasteiger partial charge in [0.2, 0.25) is 0 Å². The van der Waals surface area contributed by atoms with Gasteiger partial charge in [0, 0.05) is 36.0 Å². The lowest BCUT2D eigenvalue weighted by Gasteiger charge is -2.15. The molecule has 2 aromatic carbocycles. The predicted molar refractivity (Wildman–Crippen MR) is 120 cm³/mol. The number of rotatable bonds is 7. The minimum atomic E-state index is -3.28. The van der Waals surface area contributed by atoms with Crippen LogP contribution in [0.1, 0.15) is 16.3 Å². The summed E-state index contributed by atoms with van der Waals surface area (Å²) in [6, 6.07) is 13.6. The third-order valence-corrected chi connectivity index (χ3v) is 6.30. The SMILES string of the molecule is Cc1nc(COc2ccccc2/C=C/C(=O)N(C)c2ccc(S(C)(=O)=O)cc2)cs1. The van der Waals surface area contributed by atoms with Crippen molar-refractivity contribution >= 4 is 38.8 Å². The van der Waals surface area contributed by atoms with Crippen molar-refractivity contribution in [3.63, 3.8) is 0 Å². The molecule has 1 aromatic heterocycles. The quantitative estimate of drug-likeness (QED) is 0.515. The second-order valence-electron chi connectivity index (χ2n) is 6.68. The lowest BCUT2D eigenvalue weighted by Crippen LogP contribution is -2.23. The van der Waals surface area contributed by atoms with Crippen LogP contribution in [0.2, 0.25) is 0 Å². The number of carbonyl (C=O) groups is 1. The number of aryl methyl sites for hydroxylation is 1. The number of aromatic nitrogens is 1. The Morgan fingerprint density at radius 3 is 2.50 bits per heavy atom. The molecule has 0 fully saturated rings. The van der Waals surface area contributed by atoms with Crippen LogP contribution in [0.4, 0.5) is 5.69 Å². The first-order chi connectivity index (χ1) is 14.2. The van der Waals surface area contributed by atoms with Gasteiger partial charge < -0.3 is 9.64 Å². The molecule has 6 nitrogen and oxygen atoms in total. The number of sulfone groups is 1. The van der Waals surface area contributed by atoms with Gasteiger partial charge in [-0.3, -0.25) is 4.79 Å². The van der Waals surface area contributed by atoms with Gasteiger partial charge in [-0.1, -0.05) is 18.2 Å². The lowest BCUT2D eigenvalue weighted by atomic mass is 10.2. The molecule has 3 rings (SSSR count). The van der Waals surface area contributed by atoms with Crippen LogP contribution in [0.25, 0.3) is 6.08 Å². The van der Waals surface area contributed by atoms with Gasteiger partial charge in [-0.25, -0.2) is 13.4 Å². The molecule has 3 aromatic rings. The van der Waals surface area contributed by atoms with Gasteiger partial charge in [0.15, 0.2) is 9.84 Å². The molecule has 0 aliphatic heterocycles. The van der Waals surface area contributed by atoms with Gasteiger partial charge >= 0.3 is 0 Å². The summed E-state index contributed by atoms with van der Waals surface area (Å²) in [6.07, 6.45) is 4.31. The van der Waals surface area contributed by atoms with Crippen molar-refractivity contribution in [3.05, 3.63) is 76.3 Å². The summed E-state index contributed by atoms with van der Waals surface area (Å²) < 4.78 is 29.0. The van der Waals surface area contributed by atoms with Crippen LogP contribution in [0.3, 0.4) is 0 Å². The van der Waals surface area contributed by atoms with Crippen LogP contribution < -0.4 is 9.64 Å². The monoisotopic (exact) mass is 442 g/mol. The first-order valence-electron chi connectivity index (χ1n) is 9.13. The maximum absolute atomic E-state index is 12.6. The highest BCUT2D eigenvalue weighted by atomic mass is 32.2. The van der Waals surface area contributed by atoms with Gasteiger partial charge in [-0.05, 0) is 43.3 Å². The molecule has 0 saturated carbocycles. The summed E-state index contributed by atoms with van der Waals surface area (Å²) in [7, 11) is -1.64. The van der Waals surface area contributed by atoms with E-state index in [1.807, 2.05) is 36.6 Å². The molecule has 1 heterocycles. The minimum absolute atomic E-state index is 0.212. The molecule has 0 unspecified atom stereocenters. The van der Waals surface area contributed by atoms with Crippen molar-refractivity contribution in [2.45, 2.75) is 18.4 Å². The van der Waals surface area contributed by atoms with Gasteiger partial charge in [0.25, 0.3) is 5.91 Å². The van der Waals surface area contributed by atoms with Crippen molar-refractivity contribution in [1.29, 1.82) is 0 Å². The molecule has 0 atom stereocenters. The number of amides is 1. The van der Waals surface area contributed by atoms with Crippen LogP contribution in [-0.4, -0.2) is 32.6 Å². The summed E-state index contributed by atoms with van der Waals surface area (Å²) in [6.45, 7) is 2.30. The Morgan fingerprint density at radius 2 is 1.87 bits per heavy atom. The Labute approximate surface area is 180 Å². The van der Waals surface area contributed by atoms with E-state index in [-0.39, 0.29) is 10.8 Å². The summed E-state index contributed by atoms with van der Waals surface area (Å²) >= 11 is 1.57. The van der Waals surface area contributed by atoms with E-state index < -0.39 is 9.84 Å². The van der Waals surface area contributed by atoms with Crippen LogP contribution >= 0.6 is 11.3 Å². The summed E-state index contributed by atoms with van der Waals surface area (Å²) in [4.78, 5) is 18.6. The van der Waals surface area contributed by atoms with E-state index in [1.165, 1.54) is 23.1 Å². The number of para-hydroxylation sites is 1. The number of hydrogen-bond donors (Lipinski definition) is 0. The van der Waals surface area contributed by atoms with Gasteiger partial charge in [0.05, 0.1) is 15.6 Å². The predicted octanol–water partition coefficient (Wildman–Crippen LogP) is 4.11. The largest absolute Gasteiger partial charge is 0.487 e. The number of likely N-dealkylation sites (N-methyl/N-ethyl adjacent to an activating group) is 1. The highest BCUT2D eigenvalue weighted by Gasteiger charge is 2.11. The van der Waals surface area contributed by atoms with Crippen molar-refractivity contribution in [2.24, 2.45) is 0 Å². The molecule has 0 saturated heterocycles. The number of thiazole rings is 1. The molecule has 0 spiro atoms. The number of nitrogens with zero attached hydrogens (tertiary/aromatic N) is 2. The van der Waals surface area contributed by atoms with Crippen LogP contribution in [0.15, 0.2) is 64.9 Å². The van der Waals surface area contributed by atoms with Crippen molar-refractivity contribution in [3.8, 4) is 5.75 Å². The van der Waals surface area contributed by atoms with Gasteiger partial charge in [-0.2, -0.15) is 0 Å². The van der Waals surface area contributed by atoms with Gasteiger partial charge in [-0.15, -0.1) is 11.3 Å². The standard InChI is InChI=1S/C22H22N2O4S2/c1-16-23-18(15-29-16)14-28-21-7-5-4-6-17(21)8-13-22(25)24(2)19-9-11-20(12-10-19)30(3,26)27/h4-13,15H,14H2,1-3H3/b13-8+. The topological polar surface area (TPSA) is 76.6 Å². The highest BCUT2D eigenvalue weighted by Crippen LogP contribution is 2.22. The average Bonchev–Trinajstić information content (AvgIpc) is 3.15. The second-order valence-corrected chi connectivity index (χ2v) is 9.76. The molecule has 0 radical (unpaired) electrons. The van der Waals surface area contributed by atoms with Crippen molar-refractivity contribution in [2.75, 3.05) is 18.2 Å². The third kappa shape index (κ3) is 5.55. The fourth-order valence-electron chi connectivity index (χ4n) is 2.69. The second kappa shape index (κ2) is 9.23. The van der Waals surface area contributed by atoms with Crippen molar-refractivity contribution < 1.29 is 17.9 Å². The molecule has 156 valence electrons. The fraction of sp³-hybridized carbons (Fsp3) is 0.182. The third-order valence-electron chi connectivity index (χ3n) is 4.35. The van der Waals surface area contributed by atoms with Crippen LogP contribution in [0, 0.1) is 6.92 Å². The molecule has 0 bridgehead atoms. The molecular formula is C22H22N2O4S2. The van der Waals surface area contributed by atoms with Crippen LogP contribution in [0.5, 0.6) is 5.75 Å². The number of ether oxygens (including phenoxy) is 1. The molecular weight excluding hydrogens is 420 g/mol. The Balaban J connectivity index is 1.69. The van der Waals surface area contributed by atoms with E-state index in [2.05, 4.69) is 4.98 Å². The van der Waals surface area contributed by atoms with E-state index >= 15 is 0 Å².